The van der Waals surface area contributed by atoms with E-state index < -0.39 is 5.60 Å². The summed E-state index contributed by atoms with van der Waals surface area (Å²) in [6.45, 7) is 6.83. The van der Waals surface area contributed by atoms with E-state index in [1.165, 1.54) is 0 Å². The molecule has 2 N–H and O–H groups in total. The summed E-state index contributed by atoms with van der Waals surface area (Å²) in [5.74, 6) is 0.777. The molecule has 1 rings (SSSR count). The van der Waals surface area contributed by atoms with Crippen LogP contribution in [0, 0.1) is 0 Å². The smallest absolute Gasteiger partial charge is 0.119 e. The van der Waals surface area contributed by atoms with Crippen molar-refractivity contribution in [2.75, 3.05) is 13.7 Å². The van der Waals surface area contributed by atoms with Crippen molar-refractivity contribution in [2.45, 2.75) is 38.8 Å². The topological polar surface area (TPSA) is 41.5 Å². The third-order valence-electron chi connectivity index (χ3n) is 2.86. The van der Waals surface area contributed by atoms with Gasteiger partial charge in [0, 0.05) is 6.04 Å². The lowest BCUT2D eigenvalue weighted by molar-refractivity contribution is 0.0473. The first-order valence-corrected chi connectivity index (χ1v) is 6.06. The number of nitrogens with one attached hydrogen (secondary N) is 1. The lowest BCUT2D eigenvalue weighted by Crippen LogP contribution is -2.31. The number of hydrogen-bond donors (Lipinski definition) is 2. The summed E-state index contributed by atoms with van der Waals surface area (Å²) in [5.41, 5.74) is 0.0681. The summed E-state index contributed by atoms with van der Waals surface area (Å²) < 4.78 is 5.17. The Labute approximate surface area is 104 Å². The van der Waals surface area contributed by atoms with Crippen molar-refractivity contribution >= 4 is 0 Å². The maximum atomic E-state index is 10.4. The minimum atomic E-state index is -0.823. The zero-order valence-corrected chi connectivity index (χ0v) is 11.2. The van der Waals surface area contributed by atoms with Crippen molar-refractivity contribution in [3.63, 3.8) is 0 Å². The van der Waals surface area contributed by atoms with Gasteiger partial charge < -0.3 is 15.2 Å². The number of hydrogen-bond acceptors (Lipinski definition) is 3. The van der Waals surface area contributed by atoms with Crippen LogP contribution in [-0.4, -0.2) is 24.8 Å². The van der Waals surface area contributed by atoms with Crippen LogP contribution in [-0.2, 0) is 5.60 Å². The van der Waals surface area contributed by atoms with Crippen LogP contribution in [0.15, 0.2) is 24.3 Å². The molecule has 0 spiro atoms. The normalized spacial score (nSPS) is 14.7. The molecule has 0 bridgehead atoms. The number of benzene rings is 1. The van der Waals surface area contributed by atoms with Crippen LogP contribution in [0.3, 0.4) is 0 Å². The third-order valence-corrected chi connectivity index (χ3v) is 2.86. The highest BCUT2D eigenvalue weighted by atomic mass is 16.5. The van der Waals surface area contributed by atoms with E-state index in [0.29, 0.717) is 12.5 Å². The molecular weight excluding hydrogens is 214 g/mol. The van der Waals surface area contributed by atoms with Crippen molar-refractivity contribution in [3.05, 3.63) is 29.8 Å². The van der Waals surface area contributed by atoms with Crippen LogP contribution in [0.2, 0.25) is 0 Å². The van der Waals surface area contributed by atoms with Gasteiger partial charge in [-0.05, 0) is 37.6 Å². The molecule has 0 saturated heterocycles. The molecule has 0 amide bonds. The Balaban J connectivity index is 2.67. The maximum absolute atomic E-state index is 10.4. The Bertz CT molecular complexity index is 348. The second-order valence-corrected chi connectivity index (χ2v) is 4.86. The van der Waals surface area contributed by atoms with Crippen molar-refractivity contribution in [3.8, 4) is 5.75 Å². The number of ether oxygens (including phenoxy) is 1. The van der Waals surface area contributed by atoms with E-state index in [0.717, 1.165) is 17.9 Å². The summed E-state index contributed by atoms with van der Waals surface area (Å²) in [7, 11) is 1.63. The molecule has 0 fully saturated rings. The fourth-order valence-corrected chi connectivity index (χ4v) is 1.71. The number of methoxy groups -OCH3 is 1. The van der Waals surface area contributed by atoms with E-state index in [1.807, 2.05) is 31.2 Å². The van der Waals surface area contributed by atoms with Gasteiger partial charge in [-0.2, -0.15) is 0 Å². The lowest BCUT2D eigenvalue weighted by atomic mass is 9.92. The Morgan fingerprint density at radius 3 is 2.71 bits per heavy atom. The summed E-state index contributed by atoms with van der Waals surface area (Å²) in [6, 6.07) is 8.04. The van der Waals surface area contributed by atoms with Crippen molar-refractivity contribution < 1.29 is 9.84 Å². The fourth-order valence-electron chi connectivity index (χ4n) is 1.71. The van der Waals surface area contributed by atoms with Gasteiger partial charge in [0.15, 0.2) is 0 Å². The molecule has 0 aliphatic heterocycles. The van der Waals surface area contributed by atoms with E-state index >= 15 is 0 Å². The van der Waals surface area contributed by atoms with Crippen LogP contribution in [0.4, 0.5) is 0 Å². The second kappa shape index (κ2) is 6.03. The van der Waals surface area contributed by atoms with Crippen LogP contribution >= 0.6 is 0 Å². The Morgan fingerprint density at radius 1 is 1.41 bits per heavy atom. The van der Waals surface area contributed by atoms with Gasteiger partial charge in [0.2, 0.25) is 0 Å². The molecule has 1 unspecified atom stereocenters. The fraction of sp³-hybridized carbons (Fsp3) is 0.571. The average molecular weight is 237 g/mol. The first-order valence-electron chi connectivity index (χ1n) is 6.06. The lowest BCUT2D eigenvalue weighted by Gasteiger charge is -2.25. The molecule has 17 heavy (non-hydrogen) atoms. The van der Waals surface area contributed by atoms with Crippen LogP contribution in [0.25, 0.3) is 0 Å². The van der Waals surface area contributed by atoms with Crippen LogP contribution in [0.1, 0.15) is 32.8 Å². The molecule has 0 saturated carbocycles. The first-order chi connectivity index (χ1) is 7.95. The van der Waals surface area contributed by atoms with Gasteiger partial charge in [0.25, 0.3) is 0 Å². The third kappa shape index (κ3) is 4.36. The zero-order chi connectivity index (χ0) is 12.9. The standard InChI is InChI=1S/C14H23NO2/c1-11(2)15-9-8-14(3,16)12-6-5-7-13(10-12)17-4/h5-7,10-11,15-16H,8-9H2,1-4H3. The molecule has 1 atom stereocenters. The van der Waals surface area contributed by atoms with E-state index in [1.54, 1.807) is 7.11 Å². The van der Waals surface area contributed by atoms with Gasteiger partial charge in [-0.15, -0.1) is 0 Å². The van der Waals surface area contributed by atoms with Gasteiger partial charge in [-0.3, -0.25) is 0 Å². The zero-order valence-electron chi connectivity index (χ0n) is 11.2. The van der Waals surface area contributed by atoms with Crippen molar-refractivity contribution in [1.82, 2.24) is 5.32 Å². The van der Waals surface area contributed by atoms with E-state index in [9.17, 15) is 5.11 Å². The van der Waals surface area contributed by atoms with Crippen LogP contribution < -0.4 is 10.1 Å². The predicted molar refractivity (Wildman–Crippen MR) is 70.3 cm³/mol. The SMILES string of the molecule is COc1cccc(C(C)(O)CCNC(C)C)c1. The number of rotatable bonds is 6. The molecule has 0 aliphatic rings. The molecular formula is C14H23NO2. The highest BCUT2D eigenvalue weighted by Crippen LogP contribution is 2.26. The van der Waals surface area contributed by atoms with Crippen molar-refractivity contribution in [2.24, 2.45) is 0 Å². The molecule has 0 heterocycles. The summed E-state index contributed by atoms with van der Waals surface area (Å²) in [4.78, 5) is 0. The summed E-state index contributed by atoms with van der Waals surface area (Å²) in [5, 5.41) is 13.7. The van der Waals surface area contributed by atoms with Gasteiger partial charge >= 0.3 is 0 Å². The molecule has 96 valence electrons. The van der Waals surface area contributed by atoms with Gasteiger partial charge in [-0.1, -0.05) is 26.0 Å². The summed E-state index contributed by atoms with van der Waals surface area (Å²) >= 11 is 0. The monoisotopic (exact) mass is 237 g/mol. The first kappa shape index (κ1) is 14.0. The Morgan fingerprint density at radius 2 is 2.12 bits per heavy atom. The Hall–Kier alpha value is -1.06. The van der Waals surface area contributed by atoms with Gasteiger partial charge in [0.05, 0.1) is 12.7 Å². The van der Waals surface area contributed by atoms with E-state index in [2.05, 4.69) is 19.2 Å². The summed E-state index contributed by atoms with van der Waals surface area (Å²) in [6.07, 6.45) is 0.679. The van der Waals surface area contributed by atoms with Crippen LogP contribution in [0.5, 0.6) is 5.75 Å². The molecule has 3 heteroatoms. The van der Waals surface area contributed by atoms with Gasteiger partial charge in [0.1, 0.15) is 5.75 Å². The van der Waals surface area contributed by atoms with E-state index in [4.69, 9.17) is 4.74 Å². The highest BCUT2D eigenvalue weighted by molar-refractivity contribution is 5.31. The second-order valence-electron chi connectivity index (χ2n) is 4.86. The molecule has 3 nitrogen and oxygen atoms in total. The number of aliphatic hydroxyl groups is 1. The average Bonchev–Trinajstić information content (AvgIpc) is 2.28. The minimum Gasteiger partial charge on any atom is -0.497 e. The predicted octanol–water partition coefficient (Wildman–Crippen LogP) is 2.29. The highest BCUT2D eigenvalue weighted by Gasteiger charge is 2.22. The molecule has 0 radical (unpaired) electrons. The molecule has 0 aromatic heterocycles. The van der Waals surface area contributed by atoms with Gasteiger partial charge in [-0.25, -0.2) is 0 Å². The largest absolute Gasteiger partial charge is 0.497 e. The van der Waals surface area contributed by atoms with Crippen molar-refractivity contribution in [1.29, 1.82) is 0 Å². The quantitative estimate of drug-likeness (QED) is 0.797. The van der Waals surface area contributed by atoms with E-state index in [-0.39, 0.29) is 0 Å². The molecule has 0 aliphatic carbocycles. The molecule has 1 aromatic carbocycles. The Kier molecular flexibility index (Phi) is 4.97. The minimum absolute atomic E-state index is 0.441. The molecule has 1 aromatic rings. The maximum Gasteiger partial charge on any atom is 0.119 e.